The van der Waals surface area contributed by atoms with E-state index in [1.165, 1.54) is 30.0 Å². The van der Waals surface area contributed by atoms with E-state index in [4.69, 9.17) is 5.11 Å². The van der Waals surface area contributed by atoms with Crippen LogP contribution in [0.4, 0.5) is 5.69 Å². The van der Waals surface area contributed by atoms with Crippen molar-refractivity contribution in [1.29, 1.82) is 0 Å². The van der Waals surface area contributed by atoms with E-state index in [2.05, 4.69) is 10.2 Å². The molecule has 0 spiro atoms. The van der Waals surface area contributed by atoms with Gasteiger partial charge in [0.25, 0.3) is 0 Å². The summed E-state index contributed by atoms with van der Waals surface area (Å²) in [7, 11) is 1.44. The summed E-state index contributed by atoms with van der Waals surface area (Å²) in [5.74, 6) is -2.10. The maximum Gasteiger partial charge on any atom is 0.326 e. The fourth-order valence-corrected chi connectivity index (χ4v) is 2.16. The van der Waals surface area contributed by atoms with Crippen LogP contribution in [-0.4, -0.2) is 57.6 Å². The van der Waals surface area contributed by atoms with E-state index in [1.807, 2.05) is 0 Å². The SMILES string of the molecule is CC(C(=O)O)N(C)C(=O)C1CC(=O)N(c2cn[nH]c2)C1. The molecule has 8 heteroatoms. The monoisotopic (exact) mass is 280 g/mol. The summed E-state index contributed by atoms with van der Waals surface area (Å²) < 4.78 is 0. The zero-order valence-electron chi connectivity index (χ0n) is 11.2. The van der Waals surface area contributed by atoms with E-state index >= 15 is 0 Å². The van der Waals surface area contributed by atoms with Gasteiger partial charge < -0.3 is 14.9 Å². The lowest BCUT2D eigenvalue weighted by atomic mass is 10.1. The molecule has 2 rings (SSSR count). The molecule has 1 aliphatic heterocycles. The summed E-state index contributed by atoms with van der Waals surface area (Å²) in [6, 6.07) is -0.916. The van der Waals surface area contributed by atoms with Gasteiger partial charge in [0.15, 0.2) is 0 Å². The van der Waals surface area contributed by atoms with Gasteiger partial charge in [0, 0.05) is 26.2 Å². The molecule has 2 unspecified atom stereocenters. The minimum absolute atomic E-state index is 0.0840. The van der Waals surface area contributed by atoms with Crippen molar-refractivity contribution < 1.29 is 19.5 Å². The first-order chi connectivity index (χ1) is 9.41. The number of aliphatic carboxylic acids is 1. The number of carboxylic acids is 1. The number of carbonyl (C=O) groups is 3. The van der Waals surface area contributed by atoms with Gasteiger partial charge in [0.05, 0.1) is 17.8 Å². The lowest BCUT2D eigenvalue weighted by molar-refractivity contribution is -0.149. The second kappa shape index (κ2) is 5.32. The Morgan fingerprint density at radius 1 is 1.60 bits per heavy atom. The Hall–Kier alpha value is -2.38. The Kier molecular flexibility index (Phi) is 3.73. The maximum absolute atomic E-state index is 12.2. The number of nitrogens with zero attached hydrogens (tertiary/aromatic N) is 3. The van der Waals surface area contributed by atoms with Crippen LogP contribution in [0.2, 0.25) is 0 Å². The van der Waals surface area contributed by atoms with Crippen LogP contribution >= 0.6 is 0 Å². The van der Waals surface area contributed by atoms with Gasteiger partial charge in [-0.15, -0.1) is 0 Å². The van der Waals surface area contributed by atoms with E-state index in [0.717, 1.165) is 0 Å². The van der Waals surface area contributed by atoms with Crippen molar-refractivity contribution in [3.05, 3.63) is 12.4 Å². The third kappa shape index (κ3) is 2.49. The first kappa shape index (κ1) is 14.0. The van der Waals surface area contributed by atoms with Crippen LogP contribution in [0, 0.1) is 5.92 Å². The van der Waals surface area contributed by atoms with Gasteiger partial charge in [-0.05, 0) is 6.92 Å². The highest BCUT2D eigenvalue weighted by Gasteiger charge is 2.38. The molecule has 2 atom stereocenters. The molecule has 20 heavy (non-hydrogen) atoms. The highest BCUT2D eigenvalue weighted by molar-refractivity contribution is 6.00. The number of aromatic amines is 1. The molecule has 1 saturated heterocycles. The lowest BCUT2D eigenvalue weighted by Gasteiger charge is -2.24. The minimum Gasteiger partial charge on any atom is -0.480 e. The zero-order chi connectivity index (χ0) is 14.9. The van der Waals surface area contributed by atoms with Crippen LogP contribution in [0.1, 0.15) is 13.3 Å². The van der Waals surface area contributed by atoms with Gasteiger partial charge in [-0.2, -0.15) is 5.10 Å². The van der Waals surface area contributed by atoms with E-state index in [9.17, 15) is 14.4 Å². The van der Waals surface area contributed by atoms with Gasteiger partial charge in [-0.1, -0.05) is 0 Å². The Morgan fingerprint density at radius 3 is 2.85 bits per heavy atom. The highest BCUT2D eigenvalue weighted by Crippen LogP contribution is 2.25. The number of hydrogen-bond donors (Lipinski definition) is 2. The molecule has 0 bridgehead atoms. The standard InChI is InChI=1S/C12H16N4O4/c1-7(12(19)20)15(2)11(18)8-3-10(17)16(6-8)9-4-13-14-5-9/h4-5,7-8H,3,6H2,1-2H3,(H,13,14)(H,19,20). The summed E-state index contributed by atoms with van der Waals surface area (Å²) >= 11 is 0. The highest BCUT2D eigenvalue weighted by atomic mass is 16.4. The van der Waals surface area contributed by atoms with E-state index < -0.39 is 17.9 Å². The van der Waals surface area contributed by atoms with Gasteiger partial charge in [0.2, 0.25) is 11.8 Å². The number of rotatable bonds is 4. The number of H-pyrrole nitrogens is 1. The van der Waals surface area contributed by atoms with Crippen LogP contribution in [-0.2, 0) is 14.4 Å². The second-order valence-corrected chi connectivity index (χ2v) is 4.83. The molecule has 1 aromatic heterocycles. The third-order valence-electron chi connectivity index (χ3n) is 3.56. The summed E-state index contributed by atoms with van der Waals surface area (Å²) in [5, 5.41) is 15.3. The van der Waals surface area contributed by atoms with Gasteiger partial charge in [0.1, 0.15) is 6.04 Å². The molecule has 108 valence electrons. The van der Waals surface area contributed by atoms with Gasteiger partial charge in [-0.25, -0.2) is 4.79 Å². The van der Waals surface area contributed by atoms with Gasteiger partial charge >= 0.3 is 5.97 Å². The maximum atomic E-state index is 12.2. The van der Waals surface area contributed by atoms with Crippen molar-refractivity contribution in [3.8, 4) is 0 Å². The average Bonchev–Trinajstić information content (AvgIpc) is 3.04. The first-order valence-corrected chi connectivity index (χ1v) is 6.20. The topological polar surface area (TPSA) is 107 Å². The first-order valence-electron chi connectivity index (χ1n) is 6.20. The number of aromatic nitrogens is 2. The predicted molar refractivity (Wildman–Crippen MR) is 68.9 cm³/mol. The molecule has 1 fully saturated rings. The quantitative estimate of drug-likeness (QED) is 0.787. The van der Waals surface area contributed by atoms with Crippen molar-refractivity contribution in [1.82, 2.24) is 15.1 Å². The average molecular weight is 280 g/mol. The third-order valence-corrected chi connectivity index (χ3v) is 3.56. The number of anilines is 1. The molecular formula is C12H16N4O4. The molecule has 1 aliphatic rings. The number of likely N-dealkylation sites (N-methyl/N-ethyl adjacent to an activating group) is 1. The molecule has 0 radical (unpaired) electrons. The van der Waals surface area contributed by atoms with Crippen LogP contribution < -0.4 is 4.90 Å². The van der Waals surface area contributed by atoms with Crippen LogP contribution in [0.25, 0.3) is 0 Å². The summed E-state index contributed by atoms with van der Waals surface area (Å²) in [6.45, 7) is 1.68. The molecule has 2 N–H and O–H groups in total. The molecular weight excluding hydrogens is 264 g/mol. The fraction of sp³-hybridized carbons (Fsp3) is 0.500. The van der Waals surface area contributed by atoms with Crippen molar-refractivity contribution in [3.63, 3.8) is 0 Å². The Morgan fingerprint density at radius 2 is 2.30 bits per heavy atom. The van der Waals surface area contributed by atoms with Crippen LogP contribution in [0.5, 0.6) is 0 Å². The van der Waals surface area contributed by atoms with E-state index in [0.29, 0.717) is 5.69 Å². The Labute approximate surface area is 115 Å². The van der Waals surface area contributed by atoms with Crippen LogP contribution in [0.15, 0.2) is 12.4 Å². The van der Waals surface area contributed by atoms with E-state index in [-0.39, 0.29) is 24.8 Å². The van der Waals surface area contributed by atoms with Crippen molar-refractivity contribution in [2.24, 2.45) is 5.92 Å². The van der Waals surface area contributed by atoms with Gasteiger partial charge in [-0.3, -0.25) is 14.7 Å². The van der Waals surface area contributed by atoms with Crippen molar-refractivity contribution in [2.75, 3.05) is 18.5 Å². The molecule has 1 aromatic rings. The summed E-state index contributed by atoms with van der Waals surface area (Å²) in [5.41, 5.74) is 0.610. The molecule has 2 amide bonds. The normalized spacial score (nSPS) is 20.0. The van der Waals surface area contributed by atoms with Crippen LogP contribution in [0.3, 0.4) is 0 Å². The van der Waals surface area contributed by atoms with E-state index in [1.54, 1.807) is 6.20 Å². The fourth-order valence-electron chi connectivity index (χ4n) is 2.16. The Bertz CT molecular complexity index is 528. The van der Waals surface area contributed by atoms with Crippen molar-refractivity contribution >= 4 is 23.5 Å². The lowest BCUT2D eigenvalue weighted by Crippen LogP contribution is -2.43. The molecule has 0 saturated carbocycles. The Balaban J connectivity index is 2.06. The molecule has 0 aromatic carbocycles. The number of nitrogens with one attached hydrogen (secondary N) is 1. The largest absolute Gasteiger partial charge is 0.480 e. The number of carbonyl (C=O) groups excluding carboxylic acids is 2. The number of amides is 2. The number of hydrogen-bond acceptors (Lipinski definition) is 4. The molecule has 0 aliphatic carbocycles. The smallest absolute Gasteiger partial charge is 0.326 e. The second-order valence-electron chi connectivity index (χ2n) is 4.83. The van der Waals surface area contributed by atoms with Crippen molar-refractivity contribution in [2.45, 2.75) is 19.4 Å². The molecule has 8 nitrogen and oxygen atoms in total. The predicted octanol–water partition coefficient (Wildman–Crippen LogP) is -0.306. The zero-order valence-corrected chi connectivity index (χ0v) is 11.2. The molecule has 2 heterocycles. The number of carboxylic acid groups (broad SMARTS) is 1. The summed E-state index contributed by atoms with van der Waals surface area (Å²) in [6.07, 6.45) is 3.17. The minimum atomic E-state index is -1.07. The summed E-state index contributed by atoms with van der Waals surface area (Å²) in [4.78, 5) is 37.7.